The maximum atomic E-state index is 12.6. The van der Waals surface area contributed by atoms with Gasteiger partial charge in [0.15, 0.2) is 0 Å². The van der Waals surface area contributed by atoms with Crippen LogP contribution < -0.4 is 18.9 Å². The second-order valence-electron chi connectivity index (χ2n) is 19.8. The molecule has 0 radical (unpaired) electrons. The third-order valence-corrected chi connectivity index (χ3v) is 14.9. The zero-order valence-electron chi connectivity index (χ0n) is 43.3. The molecule has 0 aromatic heterocycles. The topological polar surface area (TPSA) is 118 Å². The number of hydrogen-bond acceptors (Lipinski definition) is 8. The molecule has 8 nitrogen and oxygen atoms in total. The molecule has 9 rings (SSSR count). The predicted octanol–water partition coefficient (Wildman–Crippen LogP) is 14.0. The molecular formula is C64H64O8. The van der Waals surface area contributed by atoms with E-state index < -0.39 is 23.7 Å². The van der Waals surface area contributed by atoms with Gasteiger partial charge in [-0.25, -0.2) is 0 Å². The molecule has 2 unspecified atom stereocenters. The molecule has 72 heavy (non-hydrogen) atoms. The number of benzene rings is 8. The molecule has 8 bridgehead atoms. The third kappa shape index (κ3) is 8.63. The van der Waals surface area contributed by atoms with Crippen molar-refractivity contribution < 1.29 is 39.4 Å². The predicted molar refractivity (Wildman–Crippen MR) is 286 cm³/mol. The standard InChI is InChI=1S/C64H64O8/c1-33-13-17-41(37(5)21-33)61-45-25-49(57(69-9)29-53(45)65)62(42-18-14-34(2)22-38(42)6)47-27-51(59(71-11)31-55(47)67)64(44-20-16-36(4)24-40(44)8)52-28-48(56(68)32-60(52)72-12)63(43-19-15-35(3)23-39(43)7)50-26-46(61)54(66)30-58(50)70-10/h13-32,61-68H,1-12H3. The van der Waals surface area contributed by atoms with Crippen LogP contribution in [0.4, 0.5) is 0 Å². The minimum atomic E-state index is -0.763. The number of rotatable bonds is 8. The lowest BCUT2D eigenvalue weighted by Crippen LogP contribution is -2.15. The minimum absolute atomic E-state index is 0.00520. The van der Waals surface area contributed by atoms with Crippen molar-refractivity contribution in [2.24, 2.45) is 0 Å². The lowest BCUT2D eigenvalue weighted by Gasteiger charge is -2.32. The molecule has 0 spiro atoms. The lowest BCUT2D eigenvalue weighted by molar-refractivity contribution is 0.392. The van der Waals surface area contributed by atoms with Crippen LogP contribution >= 0.6 is 0 Å². The van der Waals surface area contributed by atoms with Gasteiger partial charge in [-0.1, -0.05) is 95.1 Å². The molecule has 0 heterocycles. The van der Waals surface area contributed by atoms with Crippen LogP contribution in [-0.4, -0.2) is 48.9 Å². The van der Waals surface area contributed by atoms with Crippen molar-refractivity contribution in [1.29, 1.82) is 0 Å². The number of phenols is 4. The molecule has 2 atom stereocenters. The molecule has 0 saturated carbocycles. The van der Waals surface area contributed by atoms with Crippen LogP contribution in [0.2, 0.25) is 0 Å². The van der Waals surface area contributed by atoms with Gasteiger partial charge in [-0.3, -0.25) is 0 Å². The first kappa shape index (κ1) is 49.2. The number of ether oxygens (including phenoxy) is 4. The first-order valence-electron chi connectivity index (χ1n) is 24.4. The molecule has 0 amide bonds. The van der Waals surface area contributed by atoms with Crippen molar-refractivity contribution >= 4 is 0 Å². The van der Waals surface area contributed by atoms with Gasteiger partial charge >= 0.3 is 0 Å². The highest BCUT2D eigenvalue weighted by Gasteiger charge is 2.37. The van der Waals surface area contributed by atoms with Gasteiger partial charge in [-0.2, -0.15) is 0 Å². The summed E-state index contributed by atoms with van der Waals surface area (Å²) in [7, 11) is 6.39. The Morgan fingerprint density at radius 2 is 0.444 bits per heavy atom. The molecule has 1 aliphatic carbocycles. The average molecular weight is 961 g/mol. The molecular weight excluding hydrogens is 897 g/mol. The van der Waals surface area contributed by atoms with Crippen molar-refractivity contribution in [3.05, 3.63) is 233 Å². The zero-order valence-corrected chi connectivity index (χ0v) is 43.3. The summed E-state index contributed by atoms with van der Waals surface area (Å²) >= 11 is 0. The Labute approximate surface area is 423 Å². The van der Waals surface area contributed by atoms with E-state index in [-0.39, 0.29) is 23.0 Å². The van der Waals surface area contributed by atoms with Crippen molar-refractivity contribution in [1.82, 2.24) is 0 Å². The van der Waals surface area contributed by atoms with Crippen molar-refractivity contribution in [3.63, 3.8) is 0 Å². The fraction of sp³-hybridized carbons (Fsp3) is 0.250. The number of phenolic OH excluding ortho intramolecular Hbond substituents is 4. The summed E-state index contributed by atoms with van der Waals surface area (Å²) in [5.41, 5.74) is 16.9. The SMILES string of the molecule is COc1cc(O)c2cc1C(c1ccc(C)cc1C)c1cc(c(OC)cc1O)C(c1ccc(C)cc1C)c1cc(c(O)cc1OC)C(c1ccc(C)cc1C)c1cc(c(O)cc1OC)C2c1ccc(C)cc1C. The summed E-state index contributed by atoms with van der Waals surface area (Å²) in [6.07, 6.45) is 0. The maximum Gasteiger partial charge on any atom is 0.126 e. The fourth-order valence-corrected chi connectivity index (χ4v) is 11.6. The zero-order chi connectivity index (χ0) is 51.4. The second kappa shape index (κ2) is 19.4. The van der Waals surface area contributed by atoms with E-state index in [0.29, 0.717) is 56.4 Å². The Hall–Kier alpha value is -7.84. The van der Waals surface area contributed by atoms with Crippen LogP contribution in [0.3, 0.4) is 0 Å². The molecule has 8 aromatic carbocycles. The molecule has 0 fully saturated rings. The highest BCUT2D eigenvalue weighted by molar-refractivity contribution is 5.69. The van der Waals surface area contributed by atoms with Gasteiger partial charge in [0.1, 0.15) is 46.0 Å². The number of aromatic hydroxyl groups is 4. The fourth-order valence-electron chi connectivity index (χ4n) is 11.6. The third-order valence-electron chi connectivity index (χ3n) is 14.9. The number of fused-ring (bicyclic) bond motifs is 8. The number of hydrogen-bond donors (Lipinski definition) is 4. The van der Waals surface area contributed by atoms with Crippen molar-refractivity contribution in [2.75, 3.05) is 28.4 Å². The average Bonchev–Trinajstić information content (AvgIpc) is 3.33. The summed E-state index contributed by atoms with van der Waals surface area (Å²) in [6.45, 7) is 16.5. The van der Waals surface area contributed by atoms with E-state index in [1.165, 1.54) is 0 Å². The molecule has 0 saturated heterocycles. The molecule has 4 N–H and O–H groups in total. The maximum absolute atomic E-state index is 12.6. The quantitative estimate of drug-likeness (QED) is 0.119. The Bertz CT molecular complexity index is 3250. The van der Waals surface area contributed by atoms with Crippen LogP contribution in [0.25, 0.3) is 0 Å². The number of aryl methyl sites for hydroxylation is 8. The van der Waals surface area contributed by atoms with Crippen LogP contribution in [0.1, 0.15) is 135 Å². The van der Waals surface area contributed by atoms with E-state index in [0.717, 1.165) is 77.9 Å². The highest BCUT2D eigenvalue weighted by Crippen LogP contribution is 2.55. The van der Waals surface area contributed by atoms with Crippen LogP contribution in [0, 0.1) is 55.4 Å². The van der Waals surface area contributed by atoms with Gasteiger partial charge in [-0.15, -0.1) is 0 Å². The van der Waals surface area contributed by atoms with Gasteiger partial charge in [-0.05, 0) is 124 Å². The van der Waals surface area contributed by atoms with Crippen molar-refractivity contribution in [2.45, 2.75) is 79.1 Å². The van der Waals surface area contributed by atoms with Crippen LogP contribution in [0.15, 0.2) is 121 Å². The Kier molecular flexibility index (Phi) is 13.2. The smallest absolute Gasteiger partial charge is 0.126 e. The summed E-state index contributed by atoms with van der Waals surface area (Å²) in [4.78, 5) is 0. The minimum Gasteiger partial charge on any atom is -0.507 e. The van der Waals surface area contributed by atoms with Gasteiger partial charge in [0, 0.05) is 92.4 Å². The molecule has 0 aliphatic heterocycles. The lowest BCUT2D eigenvalue weighted by atomic mass is 9.73. The first-order chi connectivity index (χ1) is 34.5. The van der Waals surface area contributed by atoms with Crippen LogP contribution in [-0.2, 0) is 0 Å². The normalized spacial score (nSPS) is 16.3. The van der Waals surface area contributed by atoms with Gasteiger partial charge in [0.05, 0.1) is 28.4 Å². The summed E-state index contributed by atoms with van der Waals surface area (Å²) in [5, 5.41) is 50.4. The highest BCUT2D eigenvalue weighted by atomic mass is 16.5. The number of methoxy groups -OCH3 is 4. The first-order valence-corrected chi connectivity index (χ1v) is 24.4. The van der Waals surface area contributed by atoms with E-state index in [1.54, 1.807) is 52.7 Å². The largest absolute Gasteiger partial charge is 0.507 e. The van der Waals surface area contributed by atoms with E-state index in [4.69, 9.17) is 18.9 Å². The summed E-state index contributed by atoms with van der Waals surface area (Å²) in [6, 6.07) is 39.9. The molecule has 368 valence electrons. The summed E-state index contributed by atoms with van der Waals surface area (Å²) < 4.78 is 25.1. The second-order valence-corrected chi connectivity index (χ2v) is 19.8. The van der Waals surface area contributed by atoms with Gasteiger partial charge in [0.2, 0.25) is 0 Å². The van der Waals surface area contributed by atoms with Crippen LogP contribution in [0.5, 0.6) is 46.0 Å². The molecule has 8 heteroatoms. The van der Waals surface area contributed by atoms with Gasteiger partial charge < -0.3 is 39.4 Å². The summed E-state index contributed by atoms with van der Waals surface area (Å²) in [5.74, 6) is -1.11. The Morgan fingerprint density at radius 3 is 0.639 bits per heavy atom. The van der Waals surface area contributed by atoms with Gasteiger partial charge in [0.25, 0.3) is 0 Å². The Morgan fingerprint density at radius 1 is 0.250 bits per heavy atom. The molecule has 1 aliphatic rings. The van der Waals surface area contributed by atoms with E-state index in [9.17, 15) is 20.4 Å². The van der Waals surface area contributed by atoms with Crippen molar-refractivity contribution in [3.8, 4) is 46.0 Å². The Balaban J connectivity index is 1.55. The molecule has 8 aromatic rings. The monoisotopic (exact) mass is 960 g/mol. The van der Waals surface area contributed by atoms with E-state index in [1.807, 2.05) is 44.2 Å². The van der Waals surface area contributed by atoms with E-state index in [2.05, 4.69) is 108 Å². The van der Waals surface area contributed by atoms with E-state index >= 15 is 0 Å².